The molecule has 2 rings (SSSR count). The van der Waals surface area contributed by atoms with Crippen molar-refractivity contribution in [2.45, 2.75) is 38.3 Å². The molecule has 0 saturated heterocycles. The van der Waals surface area contributed by atoms with Crippen molar-refractivity contribution in [3.8, 4) is 0 Å². The highest BCUT2D eigenvalue weighted by molar-refractivity contribution is 5.32. The van der Waals surface area contributed by atoms with Crippen LogP contribution in [0.2, 0.25) is 0 Å². The maximum absolute atomic E-state index is 13.1. The Kier molecular flexibility index (Phi) is 3.15. The van der Waals surface area contributed by atoms with Gasteiger partial charge < -0.3 is 0 Å². The molecule has 0 spiro atoms. The van der Waals surface area contributed by atoms with Crippen LogP contribution in [0.4, 0.5) is 17.6 Å². The molecular formula is C13H14F4. The van der Waals surface area contributed by atoms with Crippen molar-refractivity contribution in [1.82, 2.24) is 0 Å². The number of benzene rings is 1. The van der Waals surface area contributed by atoms with E-state index in [0.717, 1.165) is 12.5 Å². The van der Waals surface area contributed by atoms with Crippen molar-refractivity contribution in [2.75, 3.05) is 0 Å². The summed E-state index contributed by atoms with van der Waals surface area (Å²) < 4.78 is 52.3. The predicted octanol–water partition coefficient (Wildman–Crippen LogP) is 4.58. The monoisotopic (exact) mass is 246 g/mol. The predicted molar refractivity (Wildman–Crippen MR) is 57.3 cm³/mol. The summed E-state index contributed by atoms with van der Waals surface area (Å²) in [5.74, 6) is -2.48. The molecule has 0 bridgehead atoms. The largest absolute Gasteiger partial charge is 0.396 e. The van der Waals surface area contributed by atoms with Gasteiger partial charge in [-0.3, -0.25) is 0 Å². The van der Waals surface area contributed by atoms with Crippen molar-refractivity contribution in [3.63, 3.8) is 0 Å². The zero-order valence-electron chi connectivity index (χ0n) is 9.52. The second-order valence-corrected chi connectivity index (χ2v) is 4.71. The molecule has 0 aliphatic heterocycles. The van der Waals surface area contributed by atoms with Gasteiger partial charge in [0, 0.05) is 0 Å². The van der Waals surface area contributed by atoms with Gasteiger partial charge in [-0.2, -0.15) is 13.2 Å². The molecule has 1 unspecified atom stereocenters. The summed E-state index contributed by atoms with van der Waals surface area (Å²) in [6, 6.07) is 3.65. The van der Waals surface area contributed by atoms with Gasteiger partial charge in [-0.05, 0) is 48.9 Å². The van der Waals surface area contributed by atoms with Crippen molar-refractivity contribution < 1.29 is 17.6 Å². The molecule has 0 aromatic heterocycles. The summed E-state index contributed by atoms with van der Waals surface area (Å²) >= 11 is 0. The van der Waals surface area contributed by atoms with E-state index in [-0.39, 0.29) is 11.5 Å². The number of alkyl halides is 3. The average molecular weight is 246 g/mol. The molecule has 1 atom stereocenters. The van der Waals surface area contributed by atoms with E-state index in [1.807, 2.05) is 0 Å². The van der Waals surface area contributed by atoms with Crippen molar-refractivity contribution in [1.29, 1.82) is 0 Å². The molecule has 1 fully saturated rings. The Morgan fingerprint density at radius 1 is 1.24 bits per heavy atom. The summed E-state index contributed by atoms with van der Waals surface area (Å²) in [7, 11) is 0. The highest BCUT2D eigenvalue weighted by Crippen LogP contribution is 2.49. The molecule has 0 nitrogen and oxygen atoms in total. The minimum absolute atomic E-state index is 0.0993. The SMILES string of the molecule is Cc1ccc(F)cc1C(C1CCC1)C(F)(F)F. The quantitative estimate of drug-likeness (QED) is 0.670. The average Bonchev–Trinajstić information content (AvgIpc) is 2.14. The van der Waals surface area contributed by atoms with E-state index in [1.165, 1.54) is 12.1 Å². The highest BCUT2D eigenvalue weighted by Gasteiger charge is 2.47. The van der Waals surface area contributed by atoms with Gasteiger partial charge in [0.1, 0.15) is 5.82 Å². The minimum atomic E-state index is -4.29. The number of hydrogen-bond acceptors (Lipinski definition) is 0. The first-order valence-electron chi connectivity index (χ1n) is 5.72. The zero-order chi connectivity index (χ0) is 12.6. The molecule has 1 aromatic rings. The fourth-order valence-corrected chi connectivity index (χ4v) is 2.42. The number of halogens is 4. The molecule has 0 radical (unpaired) electrons. The van der Waals surface area contributed by atoms with Crippen LogP contribution in [0.15, 0.2) is 18.2 Å². The molecule has 0 N–H and O–H groups in total. The number of hydrogen-bond donors (Lipinski definition) is 0. The van der Waals surface area contributed by atoms with Gasteiger partial charge in [0.15, 0.2) is 0 Å². The summed E-state index contributed by atoms with van der Waals surface area (Å²) in [6.07, 6.45) is -2.28. The van der Waals surface area contributed by atoms with E-state index < -0.39 is 17.9 Å². The van der Waals surface area contributed by atoms with Gasteiger partial charge >= 0.3 is 6.18 Å². The number of aryl methyl sites for hydroxylation is 1. The van der Waals surface area contributed by atoms with Crippen LogP contribution in [-0.4, -0.2) is 6.18 Å². The topological polar surface area (TPSA) is 0 Å². The van der Waals surface area contributed by atoms with Gasteiger partial charge in [0.05, 0.1) is 5.92 Å². The maximum atomic E-state index is 13.1. The van der Waals surface area contributed by atoms with Crippen LogP contribution in [0.1, 0.15) is 36.3 Å². The Morgan fingerprint density at radius 3 is 2.35 bits per heavy atom. The van der Waals surface area contributed by atoms with E-state index in [1.54, 1.807) is 6.92 Å². The fourth-order valence-electron chi connectivity index (χ4n) is 2.42. The first-order valence-corrected chi connectivity index (χ1v) is 5.72. The molecule has 1 saturated carbocycles. The van der Waals surface area contributed by atoms with Crippen LogP contribution in [0.25, 0.3) is 0 Å². The van der Waals surface area contributed by atoms with Crippen molar-refractivity contribution in [2.24, 2.45) is 5.92 Å². The molecule has 17 heavy (non-hydrogen) atoms. The Hall–Kier alpha value is -1.06. The third-order valence-corrected chi connectivity index (χ3v) is 3.55. The Bertz CT molecular complexity index is 404. The van der Waals surface area contributed by atoms with Gasteiger partial charge in [-0.25, -0.2) is 4.39 Å². The van der Waals surface area contributed by atoms with E-state index in [2.05, 4.69) is 0 Å². The van der Waals surface area contributed by atoms with E-state index in [0.29, 0.717) is 18.4 Å². The van der Waals surface area contributed by atoms with Crippen LogP contribution in [-0.2, 0) is 0 Å². The molecule has 1 aliphatic rings. The van der Waals surface area contributed by atoms with Crippen molar-refractivity contribution in [3.05, 3.63) is 35.1 Å². The Morgan fingerprint density at radius 2 is 1.88 bits per heavy atom. The maximum Gasteiger partial charge on any atom is 0.396 e. The zero-order valence-corrected chi connectivity index (χ0v) is 9.52. The summed E-state index contributed by atoms with van der Waals surface area (Å²) in [6.45, 7) is 1.60. The van der Waals surface area contributed by atoms with Crippen LogP contribution in [0, 0.1) is 18.7 Å². The minimum Gasteiger partial charge on any atom is -0.207 e. The fraction of sp³-hybridized carbons (Fsp3) is 0.538. The van der Waals surface area contributed by atoms with Crippen LogP contribution in [0.5, 0.6) is 0 Å². The first-order chi connectivity index (χ1) is 7.89. The van der Waals surface area contributed by atoms with Gasteiger partial charge in [0.2, 0.25) is 0 Å². The van der Waals surface area contributed by atoms with Crippen LogP contribution < -0.4 is 0 Å². The van der Waals surface area contributed by atoms with E-state index >= 15 is 0 Å². The van der Waals surface area contributed by atoms with Crippen molar-refractivity contribution >= 4 is 0 Å². The molecule has 4 heteroatoms. The third kappa shape index (κ3) is 2.45. The van der Waals surface area contributed by atoms with Crippen LogP contribution in [0.3, 0.4) is 0 Å². The molecule has 94 valence electrons. The molecule has 1 aromatic carbocycles. The Labute approximate surface area is 97.6 Å². The highest BCUT2D eigenvalue weighted by atomic mass is 19.4. The normalized spacial score (nSPS) is 18.9. The van der Waals surface area contributed by atoms with E-state index in [9.17, 15) is 17.6 Å². The smallest absolute Gasteiger partial charge is 0.207 e. The standard InChI is InChI=1S/C13H14F4/c1-8-5-6-10(14)7-11(8)12(13(15,16)17)9-3-2-4-9/h5-7,9,12H,2-4H2,1H3. The Balaban J connectivity index is 2.41. The lowest BCUT2D eigenvalue weighted by Crippen LogP contribution is -2.32. The summed E-state index contributed by atoms with van der Waals surface area (Å²) in [5.41, 5.74) is 0.614. The van der Waals surface area contributed by atoms with E-state index in [4.69, 9.17) is 0 Å². The summed E-state index contributed by atoms with van der Waals surface area (Å²) in [4.78, 5) is 0. The lowest BCUT2D eigenvalue weighted by molar-refractivity contribution is -0.168. The second kappa shape index (κ2) is 4.31. The second-order valence-electron chi connectivity index (χ2n) is 4.71. The van der Waals surface area contributed by atoms with Gasteiger partial charge in [-0.15, -0.1) is 0 Å². The van der Waals surface area contributed by atoms with Gasteiger partial charge in [-0.1, -0.05) is 12.5 Å². The third-order valence-electron chi connectivity index (χ3n) is 3.55. The molecule has 0 heterocycles. The number of rotatable bonds is 2. The summed E-state index contributed by atoms with van der Waals surface area (Å²) in [5, 5.41) is 0. The lowest BCUT2D eigenvalue weighted by Gasteiger charge is -2.36. The molecule has 0 amide bonds. The lowest BCUT2D eigenvalue weighted by atomic mass is 9.72. The molecule has 1 aliphatic carbocycles. The molecular weight excluding hydrogens is 232 g/mol. The van der Waals surface area contributed by atoms with Gasteiger partial charge in [0.25, 0.3) is 0 Å². The van der Waals surface area contributed by atoms with Crippen LogP contribution >= 0.6 is 0 Å². The first kappa shape index (κ1) is 12.4.